The Balaban J connectivity index is 1.79. The van der Waals surface area contributed by atoms with E-state index in [-0.39, 0.29) is 0 Å². The third kappa shape index (κ3) is 2.83. The van der Waals surface area contributed by atoms with Crippen LogP contribution in [0.15, 0.2) is 24.3 Å². The fraction of sp³-hybridized carbons (Fsp3) is 0.588. The van der Waals surface area contributed by atoms with E-state index in [1.807, 2.05) is 0 Å². The quantitative estimate of drug-likeness (QED) is 0.936. The summed E-state index contributed by atoms with van der Waals surface area (Å²) in [6, 6.07) is 9.72. The van der Waals surface area contributed by atoms with Crippen molar-refractivity contribution in [2.75, 3.05) is 0 Å². The van der Waals surface area contributed by atoms with Crippen molar-refractivity contribution in [3.05, 3.63) is 30.0 Å². The molecule has 1 saturated heterocycles. The van der Waals surface area contributed by atoms with Gasteiger partial charge in [-0.25, -0.2) is 10.4 Å². The number of benzene rings is 1. The number of aryl methyl sites for hydroxylation is 1. The Hall–Kier alpha value is -1.39. The predicted molar refractivity (Wildman–Crippen MR) is 86.9 cm³/mol. The maximum atomic E-state index is 4.77. The molecule has 0 amide bonds. The van der Waals surface area contributed by atoms with Gasteiger partial charge in [-0.05, 0) is 39.7 Å². The lowest BCUT2D eigenvalue weighted by molar-refractivity contribution is 0.0432. The minimum atomic E-state index is 0.605. The van der Waals surface area contributed by atoms with Gasteiger partial charge in [-0.1, -0.05) is 24.6 Å². The van der Waals surface area contributed by atoms with E-state index in [0.717, 1.165) is 18.8 Å². The number of aromatic nitrogens is 2. The van der Waals surface area contributed by atoms with Gasteiger partial charge in [-0.2, -0.15) is 5.10 Å². The molecule has 2 atom stereocenters. The predicted octanol–water partition coefficient (Wildman–Crippen LogP) is 3.32. The first-order valence-electron chi connectivity index (χ1n) is 8.17. The minimum Gasteiger partial charge on any atom is -0.265 e. The molecule has 1 aromatic heterocycles. The third-order valence-electron chi connectivity index (χ3n) is 4.66. The van der Waals surface area contributed by atoms with Crippen LogP contribution in [0, 0.1) is 0 Å². The highest BCUT2D eigenvalue weighted by Gasteiger charge is 2.24. The standard InChI is InChI=1S/C17H26N4/c1-4-20-17-11-6-5-10-15(17)16(19-20)12-18-21-13(2)8-7-9-14(21)3/h5-6,10-11,13-14,18H,4,7-9,12H2,1-3H3. The number of fused-ring (bicyclic) bond motifs is 1. The Morgan fingerprint density at radius 2 is 1.90 bits per heavy atom. The molecule has 2 unspecified atom stereocenters. The van der Waals surface area contributed by atoms with Crippen LogP contribution in [0.3, 0.4) is 0 Å². The van der Waals surface area contributed by atoms with E-state index in [0.29, 0.717) is 12.1 Å². The van der Waals surface area contributed by atoms with E-state index in [1.54, 1.807) is 0 Å². The van der Waals surface area contributed by atoms with Crippen LogP contribution in [0.4, 0.5) is 0 Å². The molecule has 4 heteroatoms. The van der Waals surface area contributed by atoms with Crippen molar-refractivity contribution in [2.24, 2.45) is 0 Å². The van der Waals surface area contributed by atoms with Crippen molar-refractivity contribution in [2.45, 2.75) is 65.2 Å². The van der Waals surface area contributed by atoms with Crippen LogP contribution in [-0.2, 0) is 13.1 Å². The van der Waals surface area contributed by atoms with Crippen molar-refractivity contribution in [1.29, 1.82) is 0 Å². The highest BCUT2D eigenvalue weighted by atomic mass is 15.5. The lowest BCUT2D eigenvalue weighted by Gasteiger charge is -2.39. The lowest BCUT2D eigenvalue weighted by atomic mass is 10.00. The molecule has 1 aliphatic heterocycles. The van der Waals surface area contributed by atoms with Gasteiger partial charge in [-0.15, -0.1) is 0 Å². The summed E-state index contributed by atoms with van der Waals surface area (Å²) >= 11 is 0. The number of nitrogens with one attached hydrogen (secondary N) is 1. The molecule has 0 aliphatic carbocycles. The monoisotopic (exact) mass is 286 g/mol. The average Bonchev–Trinajstić information content (AvgIpc) is 2.85. The number of para-hydroxylation sites is 1. The number of hydrogen-bond acceptors (Lipinski definition) is 3. The van der Waals surface area contributed by atoms with E-state index >= 15 is 0 Å². The summed E-state index contributed by atoms with van der Waals surface area (Å²) in [5.41, 5.74) is 6.01. The summed E-state index contributed by atoms with van der Waals surface area (Å²) in [6.45, 7) is 8.49. The van der Waals surface area contributed by atoms with Gasteiger partial charge < -0.3 is 0 Å². The zero-order chi connectivity index (χ0) is 14.8. The maximum absolute atomic E-state index is 4.77. The van der Waals surface area contributed by atoms with Gasteiger partial charge in [-0.3, -0.25) is 4.68 Å². The summed E-state index contributed by atoms with van der Waals surface area (Å²) in [5.74, 6) is 0. The van der Waals surface area contributed by atoms with Crippen molar-refractivity contribution in [3.8, 4) is 0 Å². The second-order valence-corrected chi connectivity index (χ2v) is 6.15. The minimum absolute atomic E-state index is 0.605. The first kappa shape index (κ1) is 14.5. The van der Waals surface area contributed by atoms with Gasteiger partial charge in [0.05, 0.1) is 17.8 Å². The van der Waals surface area contributed by atoms with Crippen molar-refractivity contribution in [1.82, 2.24) is 20.2 Å². The van der Waals surface area contributed by atoms with Crippen LogP contribution in [0.2, 0.25) is 0 Å². The number of piperidine rings is 1. The first-order chi connectivity index (χ1) is 10.2. The smallest absolute Gasteiger partial charge is 0.0855 e. The molecule has 0 saturated carbocycles. The SMILES string of the molecule is CCn1nc(CNN2C(C)CCCC2C)c2ccccc21. The number of rotatable bonds is 4. The molecule has 2 aromatic rings. The molecule has 0 radical (unpaired) electrons. The van der Waals surface area contributed by atoms with Crippen LogP contribution in [0.1, 0.15) is 45.7 Å². The molecule has 1 aromatic carbocycles. The molecule has 0 spiro atoms. The molecule has 0 bridgehead atoms. The molecule has 114 valence electrons. The highest BCUT2D eigenvalue weighted by Crippen LogP contribution is 2.22. The molecular weight excluding hydrogens is 260 g/mol. The van der Waals surface area contributed by atoms with E-state index in [2.05, 4.69) is 60.2 Å². The summed E-state index contributed by atoms with van der Waals surface area (Å²) in [5, 5.41) is 8.46. The molecular formula is C17H26N4. The molecule has 21 heavy (non-hydrogen) atoms. The number of nitrogens with zero attached hydrogens (tertiary/aromatic N) is 3. The van der Waals surface area contributed by atoms with Crippen LogP contribution < -0.4 is 5.43 Å². The fourth-order valence-electron chi connectivity index (χ4n) is 3.47. The summed E-state index contributed by atoms with van der Waals surface area (Å²) in [7, 11) is 0. The molecule has 1 fully saturated rings. The summed E-state index contributed by atoms with van der Waals surface area (Å²) in [4.78, 5) is 0. The van der Waals surface area contributed by atoms with Crippen LogP contribution in [-0.4, -0.2) is 26.9 Å². The van der Waals surface area contributed by atoms with Crippen molar-refractivity contribution < 1.29 is 0 Å². The van der Waals surface area contributed by atoms with Crippen LogP contribution >= 0.6 is 0 Å². The van der Waals surface area contributed by atoms with E-state index in [1.165, 1.54) is 30.2 Å². The third-order valence-corrected chi connectivity index (χ3v) is 4.66. The Bertz CT molecular complexity index is 594. The van der Waals surface area contributed by atoms with Crippen LogP contribution in [0.5, 0.6) is 0 Å². The van der Waals surface area contributed by atoms with Crippen molar-refractivity contribution in [3.63, 3.8) is 0 Å². The zero-order valence-corrected chi connectivity index (χ0v) is 13.3. The fourth-order valence-corrected chi connectivity index (χ4v) is 3.47. The summed E-state index contributed by atoms with van der Waals surface area (Å²) in [6.07, 6.45) is 3.90. The molecule has 4 nitrogen and oxygen atoms in total. The molecule has 2 heterocycles. The topological polar surface area (TPSA) is 33.1 Å². The number of hydrogen-bond donors (Lipinski definition) is 1. The zero-order valence-electron chi connectivity index (χ0n) is 13.3. The Morgan fingerprint density at radius 3 is 2.62 bits per heavy atom. The second kappa shape index (κ2) is 6.16. The average molecular weight is 286 g/mol. The Labute approximate surface area is 127 Å². The molecule has 1 N–H and O–H groups in total. The first-order valence-corrected chi connectivity index (χ1v) is 8.17. The van der Waals surface area contributed by atoms with Gasteiger partial charge in [0.15, 0.2) is 0 Å². The lowest BCUT2D eigenvalue weighted by Crippen LogP contribution is -2.51. The summed E-state index contributed by atoms with van der Waals surface area (Å²) < 4.78 is 2.09. The van der Waals surface area contributed by atoms with E-state index in [4.69, 9.17) is 5.10 Å². The van der Waals surface area contributed by atoms with Gasteiger partial charge in [0.2, 0.25) is 0 Å². The van der Waals surface area contributed by atoms with Gasteiger partial charge >= 0.3 is 0 Å². The highest BCUT2D eigenvalue weighted by molar-refractivity contribution is 5.81. The molecule has 1 aliphatic rings. The van der Waals surface area contributed by atoms with Gasteiger partial charge in [0.25, 0.3) is 0 Å². The van der Waals surface area contributed by atoms with Gasteiger partial charge in [0, 0.05) is 24.0 Å². The Morgan fingerprint density at radius 1 is 1.19 bits per heavy atom. The normalized spacial score (nSPS) is 23.8. The maximum Gasteiger partial charge on any atom is 0.0855 e. The number of hydrazine groups is 1. The van der Waals surface area contributed by atoms with Crippen LogP contribution in [0.25, 0.3) is 10.9 Å². The molecule has 3 rings (SSSR count). The van der Waals surface area contributed by atoms with E-state index < -0.39 is 0 Å². The van der Waals surface area contributed by atoms with Crippen molar-refractivity contribution >= 4 is 10.9 Å². The largest absolute Gasteiger partial charge is 0.265 e. The second-order valence-electron chi connectivity index (χ2n) is 6.15. The van der Waals surface area contributed by atoms with Gasteiger partial charge in [0.1, 0.15) is 0 Å². The Kier molecular flexibility index (Phi) is 4.27. The van der Waals surface area contributed by atoms with E-state index in [9.17, 15) is 0 Å².